The zero-order valence-electron chi connectivity index (χ0n) is 10.3. The summed E-state index contributed by atoms with van der Waals surface area (Å²) in [6, 6.07) is 3.89. The lowest BCUT2D eigenvalue weighted by Gasteiger charge is -1.99. The van der Waals surface area contributed by atoms with E-state index >= 15 is 0 Å². The minimum absolute atomic E-state index is 0.488. The molecule has 0 aliphatic carbocycles. The lowest BCUT2D eigenvalue weighted by Crippen LogP contribution is -2.12. The quantitative estimate of drug-likeness (QED) is 0.673. The third-order valence-corrected chi connectivity index (χ3v) is 4.16. The Bertz CT molecular complexity index is 663. The van der Waals surface area contributed by atoms with Crippen LogP contribution in [0.5, 0.6) is 0 Å². The second-order valence-electron chi connectivity index (χ2n) is 3.74. The molecular weight excluding hydrogens is 298 g/mol. The van der Waals surface area contributed by atoms with Crippen molar-refractivity contribution in [3.05, 3.63) is 23.4 Å². The van der Waals surface area contributed by atoms with Crippen LogP contribution in [0.25, 0.3) is 10.8 Å². The van der Waals surface area contributed by atoms with Crippen molar-refractivity contribution in [1.29, 1.82) is 0 Å². The molecule has 0 aliphatic rings. The Balaban J connectivity index is 1.65. The molecule has 3 aromatic rings. The number of hydrogen-bond acceptors (Lipinski definition) is 9. The predicted octanol–water partition coefficient (Wildman–Crippen LogP) is 1.04. The van der Waals surface area contributed by atoms with E-state index in [2.05, 4.69) is 25.7 Å². The van der Waals surface area contributed by atoms with Gasteiger partial charge in [0.1, 0.15) is 0 Å². The zero-order valence-corrected chi connectivity index (χ0v) is 12.0. The number of nitrogens with two attached hydrogens (primary N) is 1. The van der Waals surface area contributed by atoms with E-state index in [1.165, 1.54) is 11.8 Å². The van der Waals surface area contributed by atoms with Gasteiger partial charge in [-0.05, 0) is 21.9 Å². The Morgan fingerprint density at radius 3 is 3.10 bits per heavy atom. The van der Waals surface area contributed by atoms with Gasteiger partial charge >= 0.3 is 0 Å². The lowest BCUT2D eigenvalue weighted by molar-refractivity contribution is 0.528. The van der Waals surface area contributed by atoms with Gasteiger partial charge in [-0.2, -0.15) is 0 Å². The monoisotopic (exact) mass is 309 g/mol. The summed E-state index contributed by atoms with van der Waals surface area (Å²) in [5.74, 6) is 1.60. The molecule has 0 spiro atoms. The lowest BCUT2D eigenvalue weighted by atomic mass is 10.5. The van der Waals surface area contributed by atoms with E-state index in [0.717, 1.165) is 4.88 Å². The fourth-order valence-electron chi connectivity index (χ4n) is 1.50. The first-order valence-electron chi connectivity index (χ1n) is 5.82. The summed E-state index contributed by atoms with van der Waals surface area (Å²) >= 11 is 3.00. The van der Waals surface area contributed by atoms with Gasteiger partial charge in [0, 0.05) is 6.54 Å². The van der Waals surface area contributed by atoms with Gasteiger partial charge in [0.15, 0.2) is 0 Å². The molecule has 10 heteroatoms. The Kier molecular flexibility index (Phi) is 4.04. The van der Waals surface area contributed by atoms with E-state index in [-0.39, 0.29) is 0 Å². The summed E-state index contributed by atoms with van der Waals surface area (Å²) < 4.78 is 7.24. The molecule has 0 saturated heterocycles. The Hall–Kier alpha value is -1.78. The number of nitrogens with zero attached hydrogens (tertiary/aromatic N) is 6. The summed E-state index contributed by atoms with van der Waals surface area (Å²) in [4.78, 5) is 0.960. The highest BCUT2D eigenvalue weighted by molar-refractivity contribution is 7.98. The van der Waals surface area contributed by atoms with Gasteiger partial charge in [0.2, 0.25) is 11.0 Å². The smallest absolute Gasteiger partial charge is 0.257 e. The van der Waals surface area contributed by atoms with E-state index in [1.54, 1.807) is 16.0 Å². The molecule has 2 N–H and O–H groups in total. The maximum absolute atomic E-state index is 5.59. The molecule has 3 aromatic heterocycles. The minimum Gasteiger partial charge on any atom is -0.419 e. The Labute approximate surface area is 122 Å². The molecule has 20 heavy (non-hydrogen) atoms. The topological polar surface area (TPSA) is 109 Å². The fraction of sp³-hybridized carbons (Fsp3) is 0.300. The summed E-state index contributed by atoms with van der Waals surface area (Å²) in [6.07, 6.45) is 0. The molecule has 0 aromatic carbocycles. The van der Waals surface area contributed by atoms with Crippen molar-refractivity contribution in [2.45, 2.75) is 17.5 Å². The average Bonchev–Trinajstić information content (AvgIpc) is 3.18. The number of thioether (sulfide) groups is 1. The van der Waals surface area contributed by atoms with Crippen LogP contribution in [0.15, 0.2) is 27.1 Å². The normalized spacial score (nSPS) is 11.1. The van der Waals surface area contributed by atoms with Gasteiger partial charge < -0.3 is 10.2 Å². The van der Waals surface area contributed by atoms with Gasteiger partial charge in [-0.15, -0.1) is 26.6 Å². The molecule has 8 nitrogen and oxygen atoms in total. The van der Waals surface area contributed by atoms with E-state index in [1.807, 2.05) is 17.5 Å². The molecule has 0 amide bonds. The van der Waals surface area contributed by atoms with Gasteiger partial charge in [0.25, 0.3) is 5.89 Å². The molecule has 3 heterocycles. The van der Waals surface area contributed by atoms with Crippen LogP contribution >= 0.6 is 23.1 Å². The second-order valence-corrected chi connectivity index (χ2v) is 5.63. The molecule has 0 radical (unpaired) electrons. The van der Waals surface area contributed by atoms with Crippen LogP contribution in [0.2, 0.25) is 0 Å². The average molecular weight is 309 g/mol. The summed E-state index contributed by atoms with van der Waals surface area (Å²) in [7, 11) is 0. The van der Waals surface area contributed by atoms with Crippen LogP contribution in [0, 0.1) is 0 Å². The van der Waals surface area contributed by atoms with E-state index in [4.69, 9.17) is 10.2 Å². The van der Waals surface area contributed by atoms with Crippen molar-refractivity contribution in [2.75, 3.05) is 6.54 Å². The molecule has 0 fully saturated rings. The number of tetrazole rings is 1. The molecule has 3 rings (SSSR count). The number of thiophene rings is 1. The van der Waals surface area contributed by atoms with Crippen LogP contribution in [-0.4, -0.2) is 36.9 Å². The number of aromatic nitrogens is 6. The first-order chi connectivity index (χ1) is 9.86. The van der Waals surface area contributed by atoms with Crippen LogP contribution < -0.4 is 5.73 Å². The highest BCUT2D eigenvalue weighted by Gasteiger charge is 2.12. The van der Waals surface area contributed by atoms with E-state index in [0.29, 0.717) is 35.8 Å². The van der Waals surface area contributed by atoms with Crippen LogP contribution in [0.4, 0.5) is 0 Å². The third-order valence-electron chi connectivity index (χ3n) is 2.36. The summed E-state index contributed by atoms with van der Waals surface area (Å²) in [5.41, 5.74) is 5.49. The van der Waals surface area contributed by atoms with Crippen molar-refractivity contribution >= 4 is 23.1 Å². The zero-order chi connectivity index (χ0) is 13.8. The van der Waals surface area contributed by atoms with Crippen molar-refractivity contribution in [1.82, 2.24) is 30.4 Å². The summed E-state index contributed by atoms with van der Waals surface area (Å²) in [5, 5.41) is 22.1. The van der Waals surface area contributed by atoms with Gasteiger partial charge in [0.05, 0.1) is 17.2 Å². The maximum Gasteiger partial charge on any atom is 0.257 e. The molecule has 0 aliphatic heterocycles. The van der Waals surface area contributed by atoms with Crippen molar-refractivity contribution in [3.8, 4) is 10.8 Å². The molecule has 0 atom stereocenters. The van der Waals surface area contributed by atoms with Crippen molar-refractivity contribution in [2.24, 2.45) is 5.73 Å². The number of rotatable bonds is 6. The van der Waals surface area contributed by atoms with Crippen LogP contribution in [-0.2, 0) is 12.3 Å². The fourth-order valence-corrected chi connectivity index (χ4v) is 2.88. The first-order valence-corrected chi connectivity index (χ1v) is 7.68. The molecule has 0 unspecified atom stereocenters. The first kappa shape index (κ1) is 13.2. The minimum atomic E-state index is 0.488. The van der Waals surface area contributed by atoms with E-state index in [9.17, 15) is 0 Å². The standard InChI is InChI=1S/C10H11N7OS2/c11-3-4-17-10(14-15-16-17)20-6-8-12-13-9(18-8)7-2-1-5-19-7/h1-2,5H,3-4,6,11H2. The predicted molar refractivity (Wildman–Crippen MR) is 74.0 cm³/mol. The summed E-state index contributed by atoms with van der Waals surface area (Å²) in [6.45, 7) is 1.07. The highest BCUT2D eigenvalue weighted by atomic mass is 32.2. The van der Waals surface area contributed by atoms with Crippen molar-refractivity contribution < 1.29 is 4.42 Å². The second kappa shape index (κ2) is 6.11. The SMILES string of the molecule is NCCn1nnnc1SCc1nnc(-c2cccs2)o1. The van der Waals surface area contributed by atoms with Crippen molar-refractivity contribution in [3.63, 3.8) is 0 Å². The molecular formula is C10H11N7OS2. The third kappa shape index (κ3) is 2.86. The number of hydrogen-bond donors (Lipinski definition) is 1. The molecule has 0 saturated carbocycles. The van der Waals surface area contributed by atoms with E-state index < -0.39 is 0 Å². The van der Waals surface area contributed by atoms with Gasteiger partial charge in [-0.25, -0.2) is 4.68 Å². The van der Waals surface area contributed by atoms with Crippen LogP contribution in [0.3, 0.4) is 0 Å². The Morgan fingerprint density at radius 2 is 2.30 bits per heavy atom. The largest absolute Gasteiger partial charge is 0.419 e. The Morgan fingerprint density at radius 1 is 1.35 bits per heavy atom. The van der Waals surface area contributed by atoms with Gasteiger partial charge in [-0.3, -0.25) is 0 Å². The molecule has 104 valence electrons. The highest BCUT2D eigenvalue weighted by Crippen LogP contribution is 2.25. The molecule has 0 bridgehead atoms. The van der Waals surface area contributed by atoms with Crippen LogP contribution in [0.1, 0.15) is 5.89 Å². The maximum atomic E-state index is 5.59. The van der Waals surface area contributed by atoms with Gasteiger partial charge in [-0.1, -0.05) is 17.8 Å².